The van der Waals surface area contributed by atoms with Gasteiger partial charge in [0.05, 0.1) is 17.3 Å². The topological polar surface area (TPSA) is 81.4 Å². The number of carbonyl (C=O) groups excluding carboxylic acids is 1. The lowest BCUT2D eigenvalue weighted by Crippen LogP contribution is -2.36. The van der Waals surface area contributed by atoms with Gasteiger partial charge in [-0.15, -0.1) is 0 Å². The van der Waals surface area contributed by atoms with Crippen molar-refractivity contribution < 1.29 is 13.9 Å². The molecule has 1 N–H and O–H groups in total. The van der Waals surface area contributed by atoms with E-state index < -0.39 is 11.7 Å². The molecule has 0 bridgehead atoms. The Bertz CT molecular complexity index is 1050. The molecule has 140 valence electrons. The average Bonchev–Trinajstić information content (AvgIpc) is 2.66. The Morgan fingerprint density at radius 2 is 2.07 bits per heavy atom. The fraction of sp³-hybridized carbons (Fsp3) is 0.250. The standard InChI is InChI=1S/C20H19ClN2O4/c1-11-12(2)20(25)27-17-9-18(16(21)8-15(11)17)26-13(3)19(24)23-10-14-6-4-5-7-22-14/h4-9,13H,10H2,1-3H3,(H,23,24)/t13-/m1/s1. The molecule has 1 atom stereocenters. The maximum atomic E-state index is 12.3. The molecular weight excluding hydrogens is 368 g/mol. The minimum Gasteiger partial charge on any atom is -0.479 e. The van der Waals surface area contributed by atoms with Gasteiger partial charge in [-0.2, -0.15) is 0 Å². The summed E-state index contributed by atoms with van der Waals surface area (Å²) >= 11 is 6.30. The van der Waals surface area contributed by atoms with E-state index >= 15 is 0 Å². The summed E-state index contributed by atoms with van der Waals surface area (Å²) in [5.41, 5.74) is 2.04. The third-order valence-corrected chi connectivity index (χ3v) is 4.65. The lowest BCUT2D eigenvalue weighted by Gasteiger charge is -2.16. The molecule has 1 aromatic carbocycles. The number of rotatable bonds is 5. The molecule has 6 nitrogen and oxygen atoms in total. The fourth-order valence-corrected chi connectivity index (χ4v) is 2.81. The highest BCUT2D eigenvalue weighted by molar-refractivity contribution is 6.32. The predicted molar refractivity (Wildman–Crippen MR) is 103 cm³/mol. The van der Waals surface area contributed by atoms with Crippen molar-refractivity contribution in [1.82, 2.24) is 10.3 Å². The maximum absolute atomic E-state index is 12.3. The van der Waals surface area contributed by atoms with Crippen LogP contribution in [0.15, 0.2) is 45.7 Å². The first-order valence-electron chi connectivity index (χ1n) is 8.44. The highest BCUT2D eigenvalue weighted by atomic mass is 35.5. The average molecular weight is 387 g/mol. The number of halogens is 1. The van der Waals surface area contributed by atoms with E-state index in [1.165, 1.54) is 6.07 Å². The maximum Gasteiger partial charge on any atom is 0.339 e. The summed E-state index contributed by atoms with van der Waals surface area (Å²) in [6.45, 7) is 5.45. The van der Waals surface area contributed by atoms with Crippen molar-refractivity contribution in [3.63, 3.8) is 0 Å². The van der Waals surface area contributed by atoms with Gasteiger partial charge in [0.15, 0.2) is 6.10 Å². The molecule has 1 amide bonds. The van der Waals surface area contributed by atoms with Gasteiger partial charge >= 0.3 is 5.63 Å². The van der Waals surface area contributed by atoms with Crippen LogP contribution in [0.5, 0.6) is 5.75 Å². The largest absolute Gasteiger partial charge is 0.479 e. The quantitative estimate of drug-likeness (QED) is 0.678. The van der Waals surface area contributed by atoms with Crippen LogP contribution in [0.3, 0.4) is 0 Å². The van der Waals surface area contributed by atoms with Crippen molar-refractivity contribution in [3.05, 3.63) is 68.8 Å². The number of nitrogens with one attached hydrogen (secondary N) is 1. The smallest absolute Gasteiger partial charge is 0.339 e. The van der Waals surface area contributed by atoms with E-state index in [1.807, 2.05) is 19.1 Å². The van der Waals surface area contributed by atoms with Crippen LogP contribution in [0.4, 0.5) is 0 Å². The molecule has 0 saturated heterocycles. The van der Waals surface area contributed by atoms with Gasteiger partial charge in [-0.1, -0.05) is 17.7 Å². The SMILES string of the molecule is Cc1c(C)c2cc(Cl)c(O[C@H](C)C(=O)NCc3ccccn3)cc2oc1=O. The zero-order valence-corrected chi connectivity index (χ0v) is 16.0. The van der Waals surface area contributed by atoms with Gasteiger partial charge < -0.3 is 14.5 Å². The minimum atomic E-state index is -0.790. The molecule has 27 heavy (non-hydrogen) atoms. The molecule has 7 heteroatoms. The van der Waals surface area contributed by atoms with Crippen LogP contribution in [-0.4, -0.2) is 17.0 Å². The highest BCUT2D eigenvalue weighted by Gasteiger charge is 2.18. The molecule has 0 aliphatic rings. The number of fused-ring (bicyclic) bond motifs is 1. The Morgan fingerprint density at radius 3 is 2.78 bits per heavy atom. The normalized spacial score (nSPS) is 12.0. The fourth-order valence-electron chi connectivity index (χ4n) is 2.60. The predicted octanol–water partition coefficient (Wildman–Crippen LogP) is 3.54. The first-order chi connectivity index (χ1) is 12.9. The molecule has 0 radical (unpaired) electrons. The van der Waals surface area contributed by atoms with E-state index in [4.69, 9.17) is 20.8 Å². The number of aryl methyl sites for hydroxylation is 1. The summed E-state index contributed by atoms with van der Waals surface area (Å²) in [5, 5.41) is 3.83. The summed E-state index contributed by atoms with van der Waals surface area (Å²) in [6, 6.07) is 8.68. The molecular formula is C20H19ClN2O4. The summed E-state index contributed by atoms with van der Waals surface area (Å²) in [4.78, 5) is 28.3. The molecule has 0 fully saturated rings. The van der Waals surface area contributed by atoms with Crippen LogP contribution in [0.25, 0.3) is 11.0 Å². The van der Waals surface area contributed by atoms with E-state index in [2.05, 4.69) is 10.3 Å². The second-order valence-corrected chi connectivity index (χ2v) is 6.62. The third-order valence-electron chi connectivity index (χ3n) is 4.35. The van der Waals surface area contributed by atoms with Gasteiger partial charge in [-0.25, -0.2) is 4.79 Å². The third kappa shape index (κ3) is 4.11. The van der Waals surface area contributed by atoms with Gasteiger partial charge in [0.2, 0.25) is 0 Å². The lowest BCUT2D eigenvalue weighted by atomic mass is 10.1. The molecule has 3 aromatic rings. The van der Waals surface area contributed by atoms with Crippen LogP contribution in [-0.2, 0) is 11.3 Å². The number of amides is 1. The van der Waals surface area contributed by atoms with Crippen molar-refractivity contribution in [2.45, 2.75) is 33.4 Å². The molecule has 2 heterocycles. The van der Waals surface area contributed by atoms with Gasteiger partial charge in [0, 0.05) is 23.2 Å². The molecule has 0 saturated carbocycles. The van der Waals surface area contributed by atoms with E-state index in [9.17, 15) is 9.59 Å². The van der Waals surface area contributed by atoms with Crippen molar-refractivity contribution in [1.29, 1.82) is 0 Å². The second-order valence-electron chi connectivity index (χ2n) is 6.22. The number of benzene rings is 1. The van der Waals surface area contributed by atoms with Crippen molar-refractivity contribution in [2.24, 2.45) is 0 Å². The van der Waals surface area contributed by atoms with Crippen LogP contribution >= 0.6 is 11.6 Å². The second kappa shape index (κ2) is 7.80. The lowest BCUT2D eigenvalue weighted by molar-refractivity contribution is -0.127. The Hall–Kier alpha value is -2.86. The summed E-state index contributed by atoms with van der Waals surface area (Å²) in [5.74, 6) is -0.0330. The number of hydrogen-bond donors (Lipinski definition) is 1. The van der Waals surface area contributed by atoms with Crippen LogP contribution in [0, 0.1) is 13.8 Å². The van der Waals surface area contributed by atoms with E-state index in [1.54, 1.807) is 32.2 Å². The Balaban J connectivity index is 1.77. The zero-order chi connectivity index (χ0) is 19.6. The van der Waals surface area contributed by atoms with Crippen molar-refractivity contribution in [2.75, 3.05) is 0 Å². The minimum absolute atomic E-state index is 0.274. The first kappa shape index (κ1) is 18.9. The molecule has 2 aromatic heterocycles. The Labute approximate surface area is 161 Å². The van der Waals surface area contributed by atoms with Crippen molar-refractivity contribution in [3.8, 4) is 5.75 Å². The molecule has 0 spiro atoms. The van der Waals surface area contributed by atoms with Gasteiger partial charge in [-0.05, 0) is 44.5 Å². The van der Waals surface area contributed by atoms with E-state index in [-0.39, 0.29) is 11.7 Å². The Morgan fingerprint density at radius 1 is 1.30 bits per heavy atom. The Kier molecular flexibility index (Phi) is 5.46. The molecule has 3 rings (SSSR count). The van der Waals surface area contributed by atoms with Gasteiger partial charge in [0.25, 0.3) is 5.91 Å². The number of aromatic nitrogens is 1. The highest BCUT2D eigenvalue weighted by Crippen LogP contribution is 2.32. The summed E-state index contributed by atoms with van der Waals surface area (Å²) in [6.07, 6.45) is 0.871. The number of ether oxygens (including phenoxy) is 1. The van der Waals surface area contributed by atoms with Crippen LogP contribution in [0.2, 0.25) is 5.02 Å². The number of pyridine rings is 1. The molecule has 0 aliphatic carbocycles. The van der Waals surface area contributed by atoms with Crippen LogP contribution < -0.4 is 15.7 Å². The summed E-state index contributed by atoms with van der Waals surface area (Å²) in [7, 11) is 0. The number of nitrogens with zero attached hydrogens (tertiary/aromatic N) is 1. The molecule has 0 aliphatic heterocycles. The monoisotopic (exact) mass is 386 g/mol. The number of carbonyl (C=O) groups is 1. The van der Waals surface area contributed by atoms with E-state index in [0.717, 1.165) is 16.6 Å². The van der Waals surface area contributed by atoms with Crippen LogP contribution in [0.1, 0.15) is 23.7 Å². The van der Waals surface area contributed by atoms with Gasteiger partial charge in [0.1, 0.15) is 11.3 Å². The molecule has 0 unspecified atom stereocenters. The van der Waals surface area contributed by atoms with Gasteiger partial charge in [-0.3, -0.25) is 9.78 Å². The number of hydrogen-bond acceptors (Lipinski definition) is 5. The zero-order valence-electron chi connectivity index (χ0n) is 15.2. The first-order valence-corrected chi connectivity index (χ1v) is 8.82. The summed E-state index contributed by atoms with van der Waals surface area (Å²) < 4.78 is 11.0. The van der Waals surface area contributed by atoms with Crippen molar-refractivity contribution >= 4 is 28.5 Å². The van der Waals surface area contributed by atoms with E-state index in [0.29, 0.717) is 22.7 Å².